The van der Waals surface area contributed by atoms with Crippen molar-refractivity contribution < 1.29 is 0 Å². The van der Waals surface area contributed by atoms with Crippen LogP contribution in [0.3, 0.4) is 0 Å². The lowest BCUT2D eigenvalue weighted by atomic mass is 9.98. The average Bonchev–Trinajstić information content (AvgIpc) is 3.79. The Morgan fingerprint density at radius 1 is 0.439 bits per heavy atom. The van der Waals surface area contributed by atoms with Crippen LogP contribution in [-0.2, 0) is 6.42 Å². The van der Waals surface area contributed by atoms with Gasteiger partial charge in [-0.3, -0.25) is 0 Å². The molecule has 0 saturated carbocycles. The Balaban J connectivity index is 0.000000129. The normalized spacial score (nSPS) is 12.8. The van der Waals surface area contributed by atoms with Gasteiger partial charge in [-0.05, 0) is 103 Å². The summed E-state index contributed by atoms with van der Waals surface area (Å²) in [5, 5.41) is 5.10. The molecule has 0 spiro atoms. The number of fused-ring (bicyclic) bond motifs is 6. The molecule has 0 amide bonds. The second-order valence-corrected chi connectivity index (χ2v) is 15.5. The van der Waals surface area contributed by atoms with E-state index in [-0.39, 0.29) is 0 Å². The molecule has 0 aliphatic heterocycles. The van der Waals surface area contributed by atoms with Crippen LogP contribution in [0.5, 0.6) is 0 Å². The molecule has 2 aliphatic rings. The molecule has 1 heteroatoms. The number of nitrogens with zero attached hydrogens (tertiary/aromatic N) is 1. The third-order valence-electron chi connectivity index (χ3n) is 11.4. The molecule has 0 bridgehead atoms. The fourth-order valence-corrected chi connectivity index (χ4v) is 8.55. The summed E-state index contributed by atoms with van der Waals surface area (Å²) in [5.41, 5.74) is 18.9. The fourth-order valence-electron chi connectivity index (χ4n) is 8.55. The minimum Gasteiger partial charge on any atom is -0.309 e. The van der Waals surface area contributed by atoms with Crippen molar-refractivity contribution in [2.24, 2.45) is 0 Å². The van der Waals surface area contributed by atoms with Gasteiger partial charge in [0.05, 0.1) is 16.7 Å². The quantitative estimate of drug-likeness (QED) is 0.170. The number of hydrogen-bond donors (Lipinski definition) is 0. The predicted octanol–water partition coefficient (Wildman–Crippen LogP) is 15.2. The standard InChI is InChI=1S/C29H21N.C14H14.C13H12/c1-20-8-6-11-22(18-20)23-16-17-26-25-13-4-5-14-28(25)30(29(26)19-23)27-15-7-10-21-9-2-3-12-24(21)27;1-10-6-7-14-12(8-10)9-11-4-2-3-5-13(11)14;1-11-7-9-13(10-8-11)12-5-3-2-4-6-12/h2-19H,1H3;3,5-8H,2,4,9H2,1H3;2-10H,1H3. The van der Waals surface area contributed by atoms with Gasteiger partial charge in [0.1, 0.15) is 0 Å². The highest BCUT2D eigenvalue weighted by molar-refractivity contribution is 6.11. The van der Waals surface area contributed by atoms with Crippen LogP contribution in [0, 0.1) is 20.8 Å². The van der Waals surface area contributed by atoms with Gasteiger partial charge in [0, 0.05) is 16.2 Å². The Hall–Kier alpha value is -6.70. The zero-order valence-electron chi connectivity index (χ0n) is 33.0. The molecule has 11 rings (SSSR count). The molecule has 0 atom stereocenters. The maximum atomic E-state index is 2.42. The van der Waals surface area contributed by atoms with Crippen molar-refractivity contribution in [3.8, 4) is 27.9 Å². The van der Waals surface area contributed by atoms with Gasteiger partial charge in [0.2, 0.25) is 0 Å². The number of allylic oxidation sites excluding steroid dienone is 4. The lowest BCUT2D eigenvalue weighted by Crippen LogP contribution is -1.95. The van der Waals surface area contributed by atoms with Gasteiger partial charge in [-0.2, -0.15) is 0 Å². The van der Waals surface area contributed by atoms with E-state index in [1.54, 1.807) is 5.57 Å². The smallest absolute Gasteiger partial charge is 0.0547 e. The van der Waals surface area contributed by atoms with Gasteiger partial charge in [-0.25, -0.2) is 0 Å². The molecule has 276 valence electrons. The summed E-state index contributed by atoms with van der Waals surface area (Å²) in [7, 11) is 0. The summed E-state index contributed by atoms with van der Waals surface area (Å²) in [6.45, 7) is 6.43. The molecule has 9 aromatic rings. The van der Waals surface area contributed by atoms with Crippen molar-refractivity contribution in [2.75, 3.05) is 0 Å². The molecular formula is C56H47N. The second-order valence-electron chi connectivity index (χ2n) is 15.5. The van der Waals surface area contributed by atoms with Gasteiger partial charge in [-0.1, -0.05) is 198 Å². The highest BCUT2D eigenvalue weighted by atomic mass is 15.0. The summed E-state index contributed by atoms with van der Waals surface area (Å²) in [4.78, 5) is 0. The van der Waals surface area contributed by atoms with E-state index in [9.17, 15) is 0 Å². The average molecular weight is 734 g/mol. The Labute approximate surface area is 336 Å². The van der Waals surface area contributed by atoms with Crippen LogP contribution in [0.2, 0.25) is 0 Å². The zero-order valence-corrected chi connectivity index (χ0v) is 33.0. The summed E-state index contributed by atoms with van der Waals surface area (Å²) < 4.78 is 2.42. The Morgan fingerprint density at radius 3 is 1.91 bits per heavy atom. The first-order valence-corrected chi connectivity index (χ1v) is 20.2. The van der Waals surface area contributed by atoms with Crippen molar-refractivity contribution >= 4 is 38.2 Å². The predicted molar refractivity (Wildman–Crippen MR) is 245 cm³/mol. The molecule has 0 fully saturated rings. The Morgan fingerprint density at radius 2 is 1.07 bits per heavy atom. The first-order chi connectivity index (χ1) is 28.0. The van der Waals surface area contributed by atoms with Crippen LogP contribution >= 0.6 is 0 Å². The molecule has 1 heterocycles. The molecule has 2 aliphatic carbocycles. The SMILES string of the molecule is Cc1ccc(-c2ccccc2)cc1.Cc1ccc2c(c1)CC1=C2C=CCC1.Cc1cccc(-c2ccc3c4ccccc4n(-c4cccc5ccccc45)c3c2)c1. The van der Waals surface area contributed by atoms with Gasteiger partial charge >= 0.3 is 0 Å². The molecule has 0 radical (unpaired) electrons. The number of aromatic nitrogens is 1. The number of hydrogen-bond acceptors (Lipinski definition) is 0. The summed E-state index contributed by atoms with van der Waals surface area (Å²) in [6, 6.07) is 65.4. The summed E-state index contributed by atoms with van der Waals surface area (Å²) >= 11 is 0. The first-order valence-electron chi connectivity index (χ1n) is 20.2. The Bertz CT molecular complexity index is 2930. The minimum atomic E-state index is 1.19. The number of aryl methyl sites for hydroxylation is 3. The molecule has 0 unspecified atom stereocenters. The molecule has 1 aromatic heterocycles. The fraction of sp³-hybridized carbons (Fsp3) is 0.107. The van der Waals surface area contributed by atoms with E-state index < -0.39 is 0 Å². The van der Waals surface area contributed by atoms with Crippen molar-refractivity contribution in [2.45, 2.75) is 40.0 Å². The van der Waals surface area contributed by atoms with Crippen LogP contribution in [-0.4, -0.2) is 4.57 Å². The summed E-state index contributed by atoms with van der Waals surface area (Å²) in [5.74, 6) is 0. The molecular weight excluding hydrogens is 687 g/mol. The van der Waals surface area contributed by atoms with Crippen LogP contribution < -0.4 is 0 Å². The maximum absolute atomic E-state index is 2.42. The molecule has 8 aromatic carbocycles. The van der Waals surface area contributed by atoms with Crippen LogP contribution in [0.25, 0.3) is 66.1 Å². The van der Waals surface area contributed by atoms with E-state index in [2.05, 4.69) is 213 Å². The van der Waals surface area contributed by atoms with Gasteiger partial charge in [0.25, 0.3) is 0 Å². The van der Waals surface area contributed by atoms with Crippen molar-refractivity contribution in [1.82, 2.24) is 4.57 Å². The maximum Gasteiger partial charge on any atom is 0.0547 e. The van der Waals surface area contributed by atoms with Gasteiger partial charge < -0.3 is 4.57 Å². The largest absolute Gasteiger partial charge is 0.309 e. The number of para-hydroxylation sites is 1. The van der Waals surface area contributed by atoms with E-state index >= 15 is 0 Å². The second kappa shape index (κ2) is 15.8. The molecule has 57 heavy (non-hydrogen) atoms. The van der Waals surface area contributed by atoms with Crippen LogP contribution in [0.1, 0.15) is 40.7 Å². The van der Waals surface area contributed by atoms with Crippen LogP contribution in [0.4, 0.5) is 0 Å². The van der Waals surface area contributed by atoms with E-state index in [4.69, 9.17) is 0 Å². The van der Waals surface area contributed by atoms with Gasteiger partial charge in [0.15, 0.2) is 0 Å². The topological polar surface area (TPSA) is 4.93 Å². The Kier molecular flexibility index (Phi) is 9.97. The third-order valence-corrected chi connectivity index (χ3v) is 11.4. The zero-order chi connectivity index (χ0) is 38.7. The summed E-state index contributed by atoms with van der Waals surface area (Å²) in [6.07, 6.45) is 8.29. The van der Waals surface area contributed by atoms with Crippen molar-refractivity contribution in [3.05, 3.63) is 228 Å². The van der Waals surface area contributed by atoms with E-state index in [1.807, 2.05) is 6.07 Å². The molecule has 0 saturated heterocycles. The lowest BCUT2D eigenvalue weighted by molar-refractivity contribution is 0.935. The molecule has 0 N–H and O–H groups in total. The first kappa shape index (κ1) is 36.0. The van der Waals surface area contributed by atoms with Crippen LogP contribution in [0.15, 0.2) is 200 Å². The lowest BCUT2D eigenvalue weighted by Gasteiger charge is -2.12. The molecule has 1 nitrogen and oxygen atoms in total. The number of benzene rings is 8. The monoisotopic (exact) mass is 733 g/mol. The van der Waals surface area contributed by atoms with E-state index in [1.165, 1.54) is 113 Å². The van der Waals surface area contributed by atoms with Gasteiger partial charge in [-0.15, -0.1) is 0 Å². The highest BCUT2D eigenvalue weighted by Gasteiger charge is 2.21. The third kappa shape index (κ3) is 7.37. The minimum absolute atomic E-state index is 1.19. The highest BCUT2D eigenvalue weighted by Crippen LogP contribution is 2.39. The van der Waals surface area contributed by atoms with Crippen molar-refractivity contribution in [1.29, 1.82) is 0 Å². The number of rotatable bonds is 3. The van der Waals surface area contributed by atoms with E-state index in [0.29, 0.717) is 0 Å². The van der Waals surface area contributed by atoms with Crippen molar-refractivity contribution in [3.63, 3.8) is 0 Å². The van der Waals surface area contributed by atoms with E-state index in [0.717, 1.165) is 0 Å².